The van der Waals surface area contributed by atoms with Crippen LogP contribution in [0.2, 0.25) is 0 Å². The number of nitrogens with one attached hydrogen (secondary N) is 1. The highest BCUT2D eigenvalue weighted by molar-refractivity contribution is 7.99. The zero-order valence-corrected chi connectivity index (χ0v) is 12.9. The second-order valence-corrected chi connectivity index (χ2v) is 6.79. The molecule has 1 amide bonds. The molecule has 2 rings (SSSR count). The Morgan fingerprint density at radius 3 is 3.05 bits per heavy atom. The van der Waals surface area contributed by atoms with Gasteiger partial charge in [0.25, 0.3) is 5.91 Å². The van der Waals surface area contributed by atoms with E-state index in [1.165, 1.54) is 11.3 Å². The molecule has 0 aromatic carbocycles. The van der Waals surface area contributed by atoms with Crippen molar-refractivity contribution in [2.75, 3.05) is 35.7 Å². The number of carbonyl (C=O) groups excluding carboxylic acids is 1. The van der Waals surface area contributed by atoms with Gasteiger partial charge in [0.15, 0.2) is 5.13 Å². The minimum Gasteiger partial charge on any atom is -0.382 e. The molecule has 5 nitrogen and oxygen atoms in total. The topological polar surface area (TPSA) is 71.2 Å². The van der Waals surface area contributed by atoms with Crippen molar-refractivity contribution in [3.05, 3.63) is 4.88 Å². The van der Waals surface area contributed by atoms with Crippen molar-refractivity contribution in [3.63, 3.8) is 0 Å². The van der Waals surface area contributed by atoms with Gasteiger partial charge in [-0.15, -0.1) is 0 Å². The van der Waals surface area contributed by atoms with E-state index in [-0.39, 0.29) is 11.9 Å². The van der Waals surface area contributed by atoms with E-state index in [1.807, 2.05) is 23.7 Å². The van der Waals surface area contributed by atoms with Gasteiger partial charge in [-0.25, -0.2) is 4.98 Å². The molecule has 1 unspecified atom stereocenters. The lowest BCUT2D eigenvalue weighted by Gasteiger charge is -2.13. The molecule has 0 aliphatic carbocycles. The summed E-state index contributed by atoms with van der Waals surface area (Å²) in [6.07, 6.45) is 2.08. The van der Waals surface area contributed by atoms with Crippen LogP contribution in [0.5, 0.6) is 0 Å². The summed E-state index contributed by atoms with van der Waals surface area (Å²) in [5.74, 6) is 2.37. The largest absolute Gasteiger partial charge is 0.382 e. The number of hydrogen-bond donors (Lipinski definition) is 2. The number of anilines is 2. The van der Waals surface area contributed by atoms with Gasteiger partial charge >= 0.3 is 0 Å². The first kappa shape index (κ1) is 14.5. The Labute approximate surface area is 122 Å². The number of carbonyl (C=O) groups is 1. The summed E-state index contributed by atoms with van der Waals surface area (Å²) in [6.45, 7) is 3.02. The molecule has 0 bridgehead atoms. The molecule has 1 aromatic rings. The van der Waals surface area contributed by atoms with Crippen molar-refractivity contribution in [1.82, 2.24) is 10.3 Å². The van der Waals surface area contributed by atoms with Crippen molar-refractivity contribution in [2.45, 2.75) is 25.8 Å². The Morgan fingerprint density at radius 1 is 1.63 bits per heavy atom. The summed E-state index contributed by atoms with van der Waals surface area (Å²) in [4.78, 5) is 19.0. The number of nitrogens with two attached hydrogens (primary N) is 1. The third kappa shape index (κ3) is 3.54. The van der Waals surface area contributed by atoms with E-state index in [0.29, 0.717) is 10.7 Å². The average molecular weight is 300 g/mol. The van der Waals surface area contributed by atoms with E-state index in [9.17, 15) is 4.79 Å². The average Bonchev–Trinajstić information content (AvgIpc) is 2.98. The van der Waals surface area contributed by atoms with E-state index < -0.39 is 0 Å². The maximum Gasteiger partial charge on any atom is 0.265 e. The number of rotatable bonds is 5. The smallest absolute Gasteiger partial charge is 0.265 e. The number of amides is 1. The Balaban J connectivity index is 2.04. The van der Waals surface area contributed by atoms with Gasteiger partial charge in [-0.2, -0.15) is 11.8 Å². The highest BCUT2D eigenvalue weighted by atomic mass is 32.2. The van der Waals surface area contributed by atoms with Crippen LogP contribution in [0.15, 0.2) is 0 Å². The number of aromatic nitrogens is 1. The zero-order valence-electron chi connectivity index (χ0n) is 11.3. The van der Waals surface area contributed by atoms with E-state index in [4.69, 9.17) is 5.73 Å². The van der Waals surface area contributed by atoms with E-state index in [1.54, 1.807) is 0 Å². The quantitative estimate of drug-likeness (QED) is 0.868. The summed E-state index contributed by atoms with van der Waals surface area (Å²) in [6, 6.07) is 0.274. The highest BCUT2D eigenvalue weighted by Gasteiger charge is 2.22. The number of thioether (sulfide) groups is 1. The van der Waals surface area contributed by atoms with E-state index in [0.717, 1.165) is 36.0 Å². The third-order valence-corrected chi connectivity index (χ3v) is 5.35. The first-order chi connectivity index (χ1) is 9.11. The van der Waals surface area contributed by atoms with Crippen LogP contribution in [0.3, 0.4) is 0 Å². The molecular weight excluding hydrogens is 280 g/mol. The van der Waals surface area contributed by atoms with Crippen molar-refractivity contribution >= 4 is 40.0 Å². The van der Waals surface area contributed by atoms with Gasteiger partial charge in [-0.05, 0) is 18.6 Å². The molecule has 0 saturated carbocycles. The first-order valence-corrected chi connectivity index (χ1v) is 8.45. The Kier molecular flexibility index (Phi) is 4.93. The van der Waals surface area contributed by atoms with Crippen molar-refractivity contribution in [3.8, 4) is 0 Å². The predicted octanol–water partition coefficient (Wildman–Crippen LogP) is 1.81. The van der Waals surface area contributed by atoms with Gasteiger partial charge in [-0.3, -0.25) is 4.79 Å². The number of nitrogen functional groups attached to an aromatic ring is 1. The lowest BCUT2D eigenvalue weighted by Crippen LogP contribution is -2.34. The standard InChI is InChI=1S/C12H20N4OS2/c1-3-5-16(2)12-15-10(13)9(19-12)11(17)14-8-4-6-18-7-8/h8H,3-7,13H2,1-2H3,(H,14,17). The van der Waals surface area contributed by atoms with Crippen molar-refractivity contribution in [2.24, 2.45) is 0 Å². The van der Waals surface area contributed by atoms with Crippen molar-refractivity contribution in [1.29, 1.82) is 0 Å². The molecule has 1 aliphatic heterocycles. The molecule has 7 heteroatoms. The second kappa shape index (κ2) is 6.47. The summed E-state index contributed by atoms with van der Waals surface area (Å²) in [5.41, 5.74) is 5.86. The molecule has 1 atom stereocenters. The molecule has 3 N–H and O–H groups in total. The van der Waals surface area contributed by atoms with Crippen LogP contribution in [-0.2, 0) is 0 Å². The number of hydrogen-bond acceptors (Lipinski definition) is 6. The Bertz CT molecular complexity index is 443. The van der Waals surface area contributed by atoms with Gasteiger partial charge < -0.3 is 16.0 Å². The molecule has 2 heterocycles. The minimum absolute atomic E-state index is 0.0846. The van der Waals surface area contributed by atoms with E-state index in [2.05, 4.69) is 17.2 Å². The Morgan fingerprint density at radius 2 is 2.42 bits per heavy atom. The molecule has 19 heavy (non-hydrogen) atoms. The zero-order chi connectivity index (χ0) is 13.8. The molecule has 0 radical (unpaired) electrons. The van der Waals surface area contributed by atoms with Gasteiger partial charge in [0.2, 0.25) is 0 Å². The predicted molar refractivity (Wildman–Crippen MR) is 83.3 cm³/mol. The van der Waals surface area contributed by atoms with E-state index >= 15 is 0 Å². The fraction of sp³-hybridized carbons (Fsp3) is 0.667. The van der Waals surface area contributed by atoms with Crippen LogP contribution in [0.1, 0.15) is 29.4 Å². The van der Waals surface area contributed by atoms with Crippen LogP contribution in [0.4, 0.5) is 10.9 Å². The highest BCUT2D eigenvalue weighted by Crippen LogP contribution is 2.28. The van der Waals surface area contributed by atoms with Gasteiger partial charge in [0.05, 0.1) is 0 Å². The maximum absolute atomic E-state index is 12.2. The lowest BCUT2D eigenvalue weighted by atomic mass is 10.2. The first-order valence-electron chi connectivity index (χ1n) is 6.47. The van der Waals surface area contributed by atoms with Crippen LogP contribution < -0.4 is 16.0 Å². The molecule has 1 aliphatic rings. The third-order valence-electron chi connectivity index (χ3n) is 3.00. The molecule has 0 spiro atoms. The normalized spacial score (nSPS) is 18.5. The summed E-state index contributed by atoms with van der Waals surface area (Å²) < 4.78 is 0. The maximum atomic E-state index is 12.2. The van der Waals surface area contributed by atoms with Gasteiger partial charge in [-0.1, -0.05) is 18.3 Å². The SMILES string of the molecule is CCCN(C)c1nc(N)c(C(=O)NC2CCSC2)s1. The van der Waals surface area contributed by atoms with Crippen LogP contribution in [0.25, 0.3) is 0 Å². The van der Waals surface area contributed by atoms with Crippen LogP contribution in [0, 0.1) is 0 Å². The molecule has 106 valence electrons. The summed E-state index contributed by atoms with van der Waals surface area (Å²) >= 11 is 3.24. The molecular formula is C12H20N4OS2. The number of thiazole rings is 1. The summed E-state index contributed by atoms with van der Waals surface area (Å²) in [7, 11) is 1.97. The molecule has 1 fully saturated rings. The molecule has 1 saturated heterocycles. The molecule has 1 aromatic heterocycles. The number of nitrogens with zero attached hydrogens (tertiary/aromatic N) is 2. The summed E-state index contributed by atoms with van der Waals surface area (Å²) in [5, 5.41) is 3.84. The lowest BCUT2D eigenvalue weighted by molar-refractivity contribution is 0.0946. The fourth-order valence-corrected chi connectivity index (χ4v) is 4.00. The monoisotopic (exact) mass is 300 g/mol. The van der Waals surface area contributed by atoms with Crippen LogP contribution >= 0.6 is 23.1 Å². The van der Waals surface area contributed by atoms with Gasteiger partial charge in [0, 0.05) is 25.4 Å². The second-order valence-electron chi connectivity index (χ2n) is 4.67. The van der Waals surface area contributed by atoms with Crippen LogP contribution in [-0.4, -0.2) is 42.0 Å². The van der Waals surface area contributed by atoms with Gasteiger partial charge in [0.1, 0.15) is 10.7 Å². The fourth-order valence-electron chi connectivity index (χ4n) is 1.98. The minimum atomic E-state index is -0.0846. The Hall–Kier alpha value is -0.950. The van der Waals surface area contributed by atoms with Crippen molar-refractivity contribution < 1.29 is 4.79 Å².